The Morgan fingerprint density at radius 3 is 2.67 bits per heavy atom. The molecule has 70 valence electrons. The fraction of sp³-hybridized carbons (Fsp3) is 0.889. The maximum atomic E-state index is 10.3. The summed E-state index contributed by atoms with van der Waals surface area (Å²) in [5.41, 5.74) is 0. The van der Waals surface area contributed by atoms with Crippen LogP contribution < -0.4 is 0 Å². The number of carbonyl (C=O) groups excluding carboxylic acids is 1. The van der Waals surface area contributed by atoms with Crippen molar-refractivity contribution in [3.05, 3.63) is 0 Å². The van der Waals surface area contributed by atoms with Gasteiger partial charge in [0.1, 0.15) is 0 Å². The van der Waals surface area contributed by atoms with Gasteiger partial charge in [0.25, 0.3) is 0 Å². The lowest BCUT2D eigenvalue weighted by Crippen LogP contribution is -2.10. The summed E-state index contributed by atoms with van der Waals surface area (Å²) in [5, 5.41) is 0. The van der Waals surface area contributed by atoms with Gasteiger partial charge in [0.15, 0.2) is 6.79 Å². The predicted molar refractivity (Wildman–Crippen MR) is 44.5 cm³/mol. The Morgan fingerprint density at radius 1 is 1.42 bits per heavy atom. The molecule has 0 unspecified atom stereocenters. The molecule has 0 aromatic heterocycles. The first-order chi connectivity index (χ1) is 5.79. The molecule has 0 aromatic rings. The molecule has 0 aliphatic heterocycles. The van der Waals surface area contributed by atoms with Crippen molar-refractivity contribution in [1.29, 1.82) is 0 Å². The number of rotatable bonds is 4. The van der Waals surface area contributed by atoms with E-state index in [-0.39, 0.29) is 12.8 Å². The normalized spacial score (nSPS) is 18.1. The first kappa shape index (κ1) is 9.52. The quantitative estimate of drug-likeness (QED) is 0.368. The second-order valence-electron chi connectivity index (χ2n) is 3.28. The summed E-state index contributed by atoms with van der Waals surface area (Å²) in [6, 6.07) is 0. The molecule has 1 saturated carbocycles. The van der Waals surface area contributed by atoms with E-state index in [0.29, 0.717) is 5.92 Å². The number of ether oxygens (including phenoxy) is 2. The lowest BCUT2D eigenvalue weighted by molar-refractivity contribution is -0.154. The molecule has 1 fully saturated rings. The highest BCUT2D eigenvalue weighted by Crippen LogP contribution is 2.24. The number of esters is 1. The summed E-state index contributed by atoms with van der Waals surface area (Å²) in [6.07, 6.45) is 5.17. The van der Waals surface area contributed by atoms with Crippen molar-refractivity contribution in [2.45, 2.75) is 32.6 Å². The van der Waals surface area contributed by atoms with Gasteiger partial charge in [0, 0.05) is 6.92 Å². The van der Waals surface area contributed by atoms with Crippen LogP contribution in [-0.2, 0) is 14.3 Å². The number of hydrogen-bond acceptors (Lipinski definition) is 3. The molecule has 3 heteroatoms. The van der Waals surface area contributed by atoms with Crippen molar-refractivity contribution in [3.8, 4) is 0 Å². The molecular weight excluding hydrogens is 156 g/mol. The van der Waals surface area contributed by atoms with E-state index >= 15 is 0 Å². The first-order valence-corrected chi connectivity index (χ1v) is 4.50. The van der Waals surface area contributed by atoms with Crippen molar-refractivity contribution >= 4 is 5.97 Å². The minimum Gasteiger partial charge on any atom is -0.439 e. The highest BCUT2D eigenvalue weighted by molar-refractivity contribution is 5.65. The van der Waals surface area contributed by atoms with E-state index in [9.17, 15) is 4.79 Å². The van der Waals surface area contributed by atoms with Crippen LogP contribution in [0.1, 0.15) is 32.6 Å². The second-order valence-corrected chi connectivity index (χ2v) is 3.28. The fourth-order valence-electron chi connectivity index (χ4n) is 1.52. The van der Waals surface area contributed by atoms with Gasteiger partial charge in [-0.25, -0.2) is 0 Å². The van der Waals surface area contributed by atoms with Gasteiger partial charge in [-0.05, 0) is 18.8 Å². The van der Waals surface area contributed by atoms with Crippen LogP contribution in [0.3, 0.4) is 0 Å². The molecule has 3 nitrogen and oxygen atoms in total. The van der Waals surface area contributed by atoms with E-state index < -0.39 is 0 Å². The smallest absolute Gasteiger partial charge is 0.304 e. The zero-order valence-electron chi connectivity index (χ0n) is 7.54. The molecule has 0 bridgehead atoms. The third kappa shape index (κ3) is 3.72. The van der Waals surface area contributed by atoms with Crippen molar-refractivity contribution in [1.82, 2.24) is 0 Å². The molecule has 0 spiro atoms. The molecule has 1 aliphatic rings. The van der Waals surface area contributed by atoms with Gasteiger partial charge >= 0.3 is 5.97 Å². The summed E-state index contributed by atoms with van der Waals surface area (Å²) in [6.45, 7) is 2.25. The highest BCUT2D eigenvalue weighted by Gasteiger charge is 2.14. The third-order valence-electron chi connectivity index (χ3n) is 2.17. The summed E-state index contributed by atoms with van der Waals surface area (Å²) < 4.78 is 9.83. The third-order valence-corrected chi connectivity index (χ3v) is 2.17. The van der Waals surface area contributed by atoms with Crippen molar-refractivity contribution < 1.29 is 14.3 Å². The van der Waals surface area contributed by atoms with Gasteiger partial charge in [-0.3, -0.25) is 4.79 Å². The van der Waals surface area contributed by atoms with Gasteiger partial charge in [0.05, 0.1) is 6.61 Å². The van der Waals surface area contributed by atoms with Gasteiger partial charge in [-0.15, -0.1) is 0 Å². The molecule has 0 heterocycles. The van der Waals surface area contributed by atoms with Crippen LogP contribution in [0.15, 0.2) is 0 Å². The zero-order valence-corrected chi connectivity index (χ0v) is 7.54. The molecule has 1 aliphatic carbocycles. The summed E-state index contributed by atoms with van der Waals surface area (Å²) >= 11 is 0. The maximum absolute atomic E-state index is 10.3. The monoisotopic (exact) mass is 172 g/mol. The van der Waals surface area contributed by atoms with Gasteiger partial charge in [0.2, 0.25) is 0 Å². The Kier molecular flexibility index (Phi) is 4.08. The van der Waals surface area contributed by atoms with Crippen LogP contribution in [0.2, 0.25) is 0 Å². The molecule has 0 N–H and O–H groups in total. The molecule has 0 atom stereocenters. The molecule has 1 rings (SSSR count). The highest BCUT2D eigenvalue weighted by atomic mass is 16.7. The summed E-state index contributed by atoms with van der Waals surface area (Å²) in [4.78, 5) is 10.3. The predicted octanol–water partition coefficient (Wildman–Crippen LogP) is 1.71. The molecule has 0 saturated heterocycles. The van der Waals surface area contributed by atoms with E-state index in [4.69, 9.17) is 4.74 Å². The molecular formula is C9H16O3. The van der Waals surface area contributed by atoms with Crippen molar-refractivity contribution in [2.24, 2.45) is 5.92 Å². The Labute approximate surface area is 73.0 Å². The van der Waals surface area contributed by atoms with E-state index in [1.807, 2.05) is 0 Å². The average Bonchev–Trinajstić information content (AvgIpc) is 2.49. The summed E-state index contributed by atoms with van der Waals surface area (Å²) in [5.74, 6) is 0.419. The van der Waals surface area contributed by atoms with Gasteiger partial charge in [-0.1, -0.05) is 12.8 Å². The largest absolute Gasteiger partial charge is 0.439 e. The maximum Gasteiger partial charge on any atom is 0.304 e. The van der Waals surface area contributed by atoms with E-state index in [2.05, 4.69) is 4.74 Å². The average molecular weight is 172 g/mol. The molecule has 0 aromatic carbocycles. The second kappa shape index (κ2) is 5.14. The SMILES string of the molecule is CC(=O)OCOCC1CCCC1. The van der Waals surface area contributed by atoms with Gasteiger partial charge < -0.3 is 9.47 Å². The van der Waals surface area contributed by atoms with Crippen LogP contribution >= 0.6 is 0 Å². The van der Waals surface area contributed by atoms with Crippen molar-refractivity contribution in [3.63, 3.8) is 0 Å². The zero-order chi connectivity index (χ0) is 8.81. The van der Waals surface area contributed by atoms with Crippen LogP contribution in [0.25, 0.3) is 0 Å². The Balaban J connectivity index is 1.91. The molecule has 0 radical (unpaired) electrons. The standard InChI is InChI=1S/C9H16O3/c1-8(10)12-7-11-6-9-4-2-3-5-9/h9H,2-7H2,1H3. The number of carbonyl (C=O) groups is 1. The fourth-order valence-corrected chi connectivity index (χ4v) is 1.52. The summed E-state index contributed by atoms with van der Waals surface area (Å²) in [7, 11) is 0. The lowest BCUT2D eigenvalue weighted by atomic mass is 10.1. The Bertz CT molecular complexity index is 139. The topological polar surface area (TPSA) is 35.5 Å². The molecule has 12 heavy (non-hydrogen) atoms. The van der Waals surface area contributed by atoms with E-state index in [1.54, 1.807) is 0 Å². The Morgan fingerprint density at radius 2 is 2.08 bits per heavy atom. The van der Waals surface area contributed by atoms with Crippen LogP contribution in [0.5, 0.6) is 0 Å². The van der Waals surface area contributed by atoms with E-state index in [1.165, 1.54) is 32.6 Å². The lowest BCUT2D eigenvalue weighted by Gasteiger charge is -2.08. The van der Waals surface area contributed by atoms with Gasteiger partial charge in [-0.2, -0.15) is 0 Å². The molecule has 0 amide bonds. The van der Waals surface area contributed by atoms with Crippen molar-refractivity contribution in [2.75, 3.05) is 13.4 Å². The van der Waals surface area contributed by atoms with Crippen LogP contribution in [0, 0.1) is 5.92 Å². The minimum atomic E-state index is -0.276. The minimum absolute atomic E-state index is 0.117. The van der Waals surface area contributed by atoms with Crippen LogP contribution in [0.4, 0.5) is 0 Å². The first-order valence-electron chi connectivity index (χ1n) is 4.50. The van der Waals surface area contributed by atoms with Crippen LogP contribution in [-0.4, -0.2) is 19.4 Å². The Hall–Kier alpha value is -0.570. The number of hydrogen-bond donors (Lipinski definition) is 0. The van der Waals surface area contributed by atoms with E-state index in [0.717, 1.165) is 6.61 Å².